The molecule has 1 unspecified atom stereocenters. The summed E-state index contributed by atoms with van der Waals surface area (Å²) in [5.74, 6) is -3.36. The van der Waals surface area contributed by atoms with Gasteiger partial charge in [0.1, 0.15) is 0 Å². The van der Waals surface area contributed by atoms with Gasteiger partial charge in [0.2, 0.25) is 11.8 Å². The number of thioether (sulfide) groups is 1. The van der Waals surface area contributed by atoms with Crippen LogP contribution in [0.1, 0.15) is 30.5 Å². The lowest BCUT2D eigenvalue weighted by molar-refractivity contribution is -0.120. The maximum absolute atomic E-state index is 12.8. The molecule has 0 aliphatic heterocycles. The van der Waals surface area contributed by atoms with E-state index >= 15 is 0 Å². The van der Waals surface area contributed by atoms with Crippen LogP contribution >= 0.6 is 23.4 Å². The highest BCUT2D eigenvalue weighted by atomic mass is 35.5. The van der Waals surface area contributed by atoms with Gasteiger partial charge in [-0.25, -0.2) is 0 Å². The molecule has 8 heteroatoms. The lowest BCUT2D eigenvalue weighted by Gasteiger charge is -2.19. The number of carbonyl (C=O) groups is 2. The van der Waals surface area contributed by atoms with Gasteiger partial charge in [-0.1, -0.05) is 59.3 Å². The van der Waals surface area contributed by atoms with Crippen LogP contribution in [0.25, 0.3) is 0 Å². The molecular formula is C19H19ClF2N2O2S. The van der Waals surface area contributed by atoms with Crippen molar-refractivity contribution in [3.63, 3.8) is 0 Å². The van der Waals surface area contributed by atoms with Crippen LogP contribution < -0.4 is 10.6 Å². The van der Waals surface area contributed by atoms with Crippen molar-refractivity contribution in [2.45, 2.75) is 37.0 Å². The maximum Gasteiger partial charge on any atom is 0.289 e. The number of halogens is 3. The van der Waals surface area contributed by atoms with Crippen LogP contribution in [0.2, 0.25) is 5.02 Å². The molecule has 0 saturated carbocycles. The molecule has 4 nitrogen and oxygen atoms in total. The van der Waals surface area contributed by atoms with Gasteiger partial charge in [0.15, 0.2) is 0 Å². The average Bonchev–Trinajstić information content (AvgIpc) is 2.57. The van der Waals surface area contributed by atoms with Crippen LogP contribution in [0.3, 0.4) is 0 Å². The third kappa shape index (κ3) is 6.52. The zero-order valence-corrected chi connectivity index (χ0v) is 16.3. The SMILES string of the molecule is CC(=O)NC(CC(=O)Nc1cccc(Cl)c1SC(F)F)c1ccc(C)cc1. The topological polar surface area (TPSA) is 58.2 Å². The van der Waals surface area contributed by atoms with Gasteiger partial charge < -0.3 is 10.6 Å². The highest BCUT2D eigenvalue weighted by Gasteiger charge is 2.20. The molecule has 1 atom stereocenters. The van der Waals surface area contributed by atoms with Gasteiger partial charge >= 0.3 is 0 Å². The van der Waals surface area contributed by atoms with Gasteiger partial charge in [0, 0.05) is 6.92 Å². The molecule has 2 amide bonds. The first kappa shape index (κ1) is 21.2. The van der Waals surface area contributed by atoms with E-state index in [9.17, 15) is 18.4 Å². The smallest absolute Gasteiger partial charge is 0.289 e. The number of alkyl halides is 2. The van der Waals surface area contributed by atoms with E-state index in [1.165, 1.54) is 19.1 Å². The van der Waals surface area contributed by atoms with Crippen LogP contribution in [-0.2, 0) is 9.59 Å². The average molecular weight is 413 g/mol. The number of hydrogen-bond acceptors (Lipinski definition) is 3. The van der Waals surface area contributed by atoms with Crippen LogP contribution in [0.15, 0.2) is 47.4 Å². The quantitative estimate of drug-likeness (QED) is 0.617. The van der Waals surface area contributed by atoms with Crippen molar-refractivity contribution in [1.29, 1.82) is 0 Å². The first-order valence-electron chi connectivity index (χ1n) is 8.13. The van der Waals surface area contributed by atoms with E-state index in [4.69, 9.17) is 11.6 Å². The molecule has 0 aliphatic carbocycles. The normalized spacial score (nSPS) is 11.9. The second-order valence-electron chi connectivity index (χ2n) is 5.91. The van der Waals surface area contributed by atoms with E-state index in [0.29, 0.717) is 0 Å². The first-order valence-corrected chi connectivity index (χ1v) is 9.39. The fourth-order valence-electron chi connectivity index (χ4n) is 2.50. The summed E-state index contributed by atoms with van der Waals surface area (Å²) in [6.45, 7) is 3.30. The summed E-state index contributed by atoms with van der Waals surface area (Å²) < 4.78 is 25.5. The summed E-state index contributed by atoms with van der Waals surface area (Å²) in [4.78, 5) is 24.1. The molecule has 2 N–H and O–H groups in total. The van der Waals surface area contributed by atoms with E-state index in [-0.39, 0.29) is 39.7 Å². The number of anilines is 1. The molecule has 27 heavy (non-hydrogen) atoms. The molecular weight excluding hydrogens is 394 g/mol. The predicted molar refractivity (Wildman–Crippen MR) is 104 cm³/mol. The van der Waals surface area contributed by atoms with Crippen molar-refractivity contribution >= 4 is 40.9 Å². The Morgan fingerprint density at radius 2 is 1.81 bits per heavy atom. The first-order chi connectivity index (χ1) is 12.8. The standard InChI is InChI=1S/C19H19ClF2N2O2S/c1-11-6-8-13(9-7-11)16(23-12(2)25)10-17(26)24-15-5-3-4-14(20)18(15)27-19(21)22/h3-9,16,19H,10H2,1-2H3,(H,23,25)(H,24,26). The van der Waals surface area contributed by atoms with Gasteiger partial charge in [-0.15, -0.1) is 0 Å². The molecule has 144 valence electrons. The number of nitrogens with one attached hydrogen (secondary N) is 2. The van der Waals surface area contributed by atoms with Crippen LogP contribution in [-0.4, -0.2) is 17.6 Å². The molecule has 0 aromatic heterocycles. The summed E-state index contributed by atoms with van der Waals surface area (Å²) in [6.07, 6.45) is -0.0477. The third-order valence-corrected chi connectivity index (χ3v) is 4.98. The van der Waals surface area contributed by atoms with Crippen LogP contribution in [0.4, 0.5) is 14.5 Å². The number of amides is 2. The lowest BCUT2D eigenvalue weighted by Crippen LogP contribution is -2.29. The Balaban J connectivity index is 2.17. The zero-order valence-electron chi connectivity index (χ0n) is 14.8. The summed E-state index contributed by atoms with van der Waals surface area (Å²) in [5.41, 5.74) is 2.04. The summed E-state index contributed by atoms with van der Waals surface area (Å²) in [5, 5.41) is 5.49. The van der Waals surface area contributed by atoms with E-state index < -0.39 is 17.7 Å². The Hall–Kier alpha value is -2.12. The number of carbonyl (C=O) groups excluding carboxylic acids is 2. The van der Waals surface area contributed by atoms with Crippen LogP contribution in [0, 0.1) is 6.92 Å². The van der Waals surface area contributed by atoms with E-state index in [1.54, 1.807) is 6.07 Å². The van der Waals surface area contributed by atoms with Gasteiger partial charge in [-0.05, 0) is 24.6 Å². The summed E-state index contributed by atoms with van der Waals surface area (Å²) in [7, 11) is 0. The van der Waals surface area contributed by atoms with Gasteiger partial charge in [0.25, 0.3) is 5.76 Å². The molecule has 0 aliphatic rings. The molecule has 0 fully saturated rings. The molecule has 0 radical (unpaired) electrons. The Morgan fingerprint density at radius 3 is 2.41 bits per heavy atom. The number of rotatable bonds is 7. The van der Waals surface area contributed by atoms with Crippen molar-refractivity contribution in [3.8, 4) is 0 Å². The Kier molecular flexibility index (Phi) is 7.62. The molecule has 2 aromatic carbocycles. The molecule has 0 heterocycles. The Morgan fingerprint density at radius 1 is 1.15 bits per heavy atom. The minimum atomic E-state index is -2.67. The fourth-order valence-corrected chi connectivity index (χ4v) is 3.41. The minimum Gasteiger partial charge on any atom is -0.349 e. The second-order valence-corrected chi connectivity index (χ2v) is 7.32. The molecule has 2 aromatic rings. The summed E-state index contributed by atoms with van der Waals surface area (Å²) >= 11 is 6.25. The lowest BCUT2D eigenvalue weighted by atomic mass is 10.0. The van der Waals surface area contributed by atoms with Crippen LogP contribution in [0.5, 0.6) is 0 Å². The minimum absolute atomic E-state index is 0.0477. The fraction of sp³-hybridized carbons (Fsp3) is 0.263. The Bertz CT molecular complexity index is 816. The van der Waals surface area contributed by atoms with E-state index in [0.717, 1.165) is 11.1 Å². The zero-order chi connectivity index (χ0) is 20.0. The maximum atomic E-state index is 12.8. The molecule has 2 rings (SSSR count). The second kappa shape index (κ2) is 9.71. The van der Waals surface area contributed by atoms with E-state index in [2.05, 4.69) is 10.6 Å². The van der Waals surface area contributed by atoms with Gasteiger partial charge in [0.05, 0.1) is 28.1 Å². The highest BCUT2D eigenvalue weighted by molar-refractivity contribution is 7.99. The molecule has 0 saturated heterocycles. The third-order valence-electron chi connectivity index (χ3n) is 3.69. The Labute approximate surface area is 165 Å². The molecule has 0 spiro atoms. The number of benzene rings is 2. The van der Waals surface area contributed by atoms with Crippen molar-refractivity contribution in [1.82, 2.24) is 5.32 Å². The largest absolute Gasteiger partial charge is 0.349 e. The van der Waals surface area contributed by atoms with E-state index in [1.807, 2.05) is 31.2 Å². The number of hydrogen-bond donors (Lipinski definition) is 2. The highest BCUT2D eigenvalue weighted by Crippen LogP contribution is 2.37. The van der Waals surface area contributed by atoms with Crippen molar-refractivity contribution in [3.05, 3.63) is 58.6 Å². The predicted octanol–water partition coefficient (Wildman–Crippen LogP) is 5.17. The van der Waals surface area contributed by atoms with Gasteiger partial charge in [-0.3, -0.25) is 9.59 Å². The van der Waals surface area contributed by atoms with Crippen molar-refractivity contribution in [2.75, 3.05) is 5.32 Å². The summed E-state index contributed by atoms with van der Waals surface area (Å²) in [6, 6.07) is 11.5. The molecule has 0 bridgehead atoms. The number of aryl methyl sites for hydroxylation is 1. The van der Waals surface area contributed by atoms with Crippen molar-refractivity contribution < 1.29 is 18.4 Å². The van der Waals surface area contributed by atoms with Gasteiger partial charge in [-0.2, -0.15) is 8.78 Å². The monoisotopic (exact) mass is 412 g/mol. The van der Waals surface area contributed by atoms with Crippen molar-refractivity contribution in [2.24, 2.45) is 0 Å².